The average molecular weight is 392 g/mol. The van der Waals surface area contributed by atoms with E-state index in [0.717, 1.165) is 0 Å². The molecule has 1 aromatic carbocycles. The number of ether oxygens (including phenoxy) is 1. The molecule has 0 bridgehead atoms. The maximum Gasteiger partial charge on any atom is 0.279 e. The van der Waals surface area contributed by atoms with Gasteiger partial charge in [-0.2, -0.15) is 0 Å². The lowest BCUT2D eigenvalue weighted by Gasteiger charge is -2.19. The van der Waals surface area contributed by atoms with Crippen molar-refractivity contribution in [3.8, 4) is 5.75 Å². The van der Waals surface area contributed by atoms with Gasteiger partial charge in [-0.25, -0.2) is 0 Å². The predicted molar refractivity (Wildman–Crippen MR) is 106 cm³/mol. The second kappa shape index (κ2) is 8.77. The first kappa shape index (κ1) is 19.9. The molecule has 1 heterocycles. The van der Waals surface area contributed by atoms with Gasteiger partial charge in [-0.15, -0.1) is 11.3 Å². The minimum absolute atomic E-state index is 0.00779. The normalized spacial score (nSPS) is 10.7. The van der Waals surface area contributed by atoms with E-state index in [1.807, 2.05) is 24.3 Å². The Morgan fingerprint density at radius 2 is 1.81 bits per heavy atom. The molecule has 3 N–H and O–H groups in total. The summed E-state index contributed by atoms with van der Waals surface area (Å²) in [6.07, 6.45) is 0. The second-order valence-corrected chi connectivity index (χ2v) is 7.85. The molecule has 0 atom stereocenters. The number of thiocarbonyl (C=S) groups is 1. The summed E-state index contributed by atoms with van der Waals surface area (Å²) in [5, 5.41) is 4.22. The van der Waals surface area contributed by atoms with E-state index in [1.54, 1.807) is 17.5 Å². The van der Waals surface area contributed by atoms with Crippen LogP contribution in [0, 0.1) is 0 Å². The minimum Gasteiger partial charge on any atom is -0.484 e. The third-order valence-corrected chi connectivity index (χ3v) is 4.45. The first-order valence-corrected chi connectivity index (χ1v) is 9.21. The van der Waals surface area contributed by atoms with Crippen molar-refractivity contribution >= 4 is 40.5 Å². The molecule has 2 amide bonds. The molecule has 138 valence electrons. The highest BCUT2D eigenvalue weighted by Crippen LogP contribution is 2.24. The Balaban J connectivity index is 1.72. The van der Waals surface area contributed by atoms with Crippen molar-refractivity contribution in [2.45, 2.75) is 26.2 Å². The second-order valence-electron chi connectivity index (χ2n) is 6.50. The van der Waals surface area contributed by atoms with Gasteiger partial charge in [-0.05, 0) is 46.8 Å². The van der Waals surface area contributed by atoms with Gasteiger partial charge >= 0.3 is 0 Å². The quantitative estimate of drug-likeness (QED) is 0.552. The molecule has 0 spiro atoms. The van der Waals surface area contributed by atoms with E-state index in [9.17, 15) is 9.59 Å². The number of hydrogen-bond acceptors (Lipinski definition) is 5. The summed E-state index contributed by atoms with van der Waals surface area (Å²) in [5.41, 5.74) is 6.12. The summed E-state index contributed by atoms with van der Waals surface area (Å²) < 4.78 is 5.44. The zero-order valence-electron chi connectivity index (χ0n) is 14.8. The van der Waals surface area contributed by atoms with Crippen LogP contribution in [-0.4, -0.2) is 23.5 Å². The molecule has 1 aromatic heterocycles. The van der Waals surface area contributed by atoms with Crippen LogP contribution in [0.3, 0.4) is 0 Å². The van der Waals surface area contributed by atoms with Gasteiger partial charge < -0.3 is 4.74 Å². The maximum absolute atomic E-state index is 11.9. The zero-order chi connectivity index (χ0) is 19.2. The fraction of sp³-hybridized carbons (Fsp3) is 0.278. The third-order valence-electron chi connectivity index (χ3n) is 3.38. The summed E-state index contributed by atoms with van der Waals surface area (Å²) in [6, 6.07) is 11.0. The summed E-state index contributed by atoms with van der Waals surface area (Å²) in [4.78, 5) is 24.1. The molecule has 0 unspecified atom stereocenters. The fourth-order valence-corrected chi connectivity index (χ4v) is 2.76. The molecule has 0 aliphatic carbocycles. The molecule has 0 fully saturated rings. The topological polar surface area (TPSA) is 79.5 Å². The lowest BCUT2D eigenvalue weighted by Crippen LogP contribution is -2.49. The monoisotopic (exact) mass is 391 g/mol. The van der Waals surface area contributed by atoms with Crippen molar-refractivity contribution in [2.24, 2.45) is 0 Å². The van der Waals surface area contributed by atoms with Crippen molar-refractivity contribution in [1.82, 2.24) is 16.2 Å². The molecule has 0 saturated heterocycles. The van der Waals surface area contributed by atoms with Crippen LogP contribution in [-0.2, 0) is 10.2 Å². The summed E-state index contributed by atoms with van der Waals surface area (Å²) in [7, 11) is 0. The van der Waals surface area contributed by atoms with Gasteiger partial charge in [0.05, 0.1) is 4.88 Å². The van der Waals surface area contributed by atoms with Crippen LogP contribution < -0.4 is 20.9 Å². The Morgan fingerprint density at radius 3 is 2.38 bits per heavy atom. The molecule has 6 nitrogen and oxygen atoms in total. The van der Waals surface area contributed by atoms with Crippen LogP contribution in [0.25, 0.3) is 0 Å². The largest absolute Gasteiger partial charge is 0.484 e. The first-order chi connectivity index (χ1) is 12.3. The minimum atomic E-state index is -0.423. The van der Waals surface area contributed by atoms with E-state index < -0.39 is 5.91 Å². The predicted octanol–water partition coefficient (Wildman–Crippen LogP) is 2.76. The van der Waals surface area contributed by atoms with Crippen molar-refractivity contribution in [3.63, 3.8) is 0 Å². The van der Waals surface area contributed by atoms with Crippen LogP contribution in [0.2, 0.25) is 0 Å². The molecular weight excluding hydrogens is 370 g/mol. The lowest BCUT2D eigenvalue weighted by molar-refractivity contribution is -0.121. The number of nitrogens with one attached hydrogen (secondary N) is 3. The fourth-order valence-electron chi connectivity index (χ4n) is 1.98. The Bertz CT molecular complexity index is 766. The zero-order valence-corrected chi connectivity index (χ0v) is 16.4. The van der Waals surface area contributed by atoms with Gasteiger partial charge in [-0.3, -0.25) is 25.8 Å². The van der Waals surface area contributed by atoms with E-state index in [-0.39, 0.29) is 23.0 Å². The van der Waals surface area contributed by atoms with Gasteiger partial charge in [0.15, 0.2) is 11.7 Å². The Hall–Kier alpha value is -2.45. The number of hydrazine groups is 1. The molecule has 0 saturated carbocycles. The van der Waals surface area contributed by atoms with Crippen LogP contribution in [0.1, 0.15) is 36.0 Å². The lowest BCUT2D eigenvalue weighted by atomic mass is 9.87. The van der Waals surface area contributed by atoms with Crippen LogP contribution in [0.15, 0.2) is 41.8 Å². The highest BCUT2D eigenvalue weighted by atomic mass is 32.1. The van der Waals surface area contributed by atoms with Crippen molar-refractivity contribution in [1.29, 1.82) is 0 Å². The number of carbonyl (C=O) groups is 2. The molecular formula is C18H21N3O3S2. The number of rotatable bonds is 4. The smallest absolute Gasteiger partial charge is 0.279 e. The van der Waals surface area contributed by atoms with E-state index in [4.69, 9.17) is 17.0 Å². The van der Waals surface area contributed by atoms with E-state index in [2.05, 4.69) is 36.9 Å². The Labute approximate surface area is 161 Å². The SMILES string of the molecule is CC(C)(C)c1ccc(OCC(=O)NC(=S)NNC(=O)c2cccs2)cc1. The third kappa shape index (κ3) is 6.12. The average Bonchev–Trinajstić information content (AvgIpc) is 3.12. The number of carbonyl (C=O) groups excluding carboxylic acids is 2. The number of benzene rings is 1. The van der Waals surface area contributed by atoms with Crippen molar-refractivity contribution < 1.29 is 14.3 Å². The molecule has 2 aromatic rings. The Kier molecular flexibility index (Phi) is 6.70. The van der Waals surface area contributed by atoms with Gasteiger partial charge in [0.1, 0.15) is 5.75 Å². The van der Waals surface area contributed by atoms with Gasteiger partial charge in [0.2, 0.25) is 0 Å². The number of amides is 2. The first-order valence-electron chi connectivity index (χ1n) is 7.93. The highest BCUT2D eigenvalue weighted by molar-refractivity contribution is 7.80. The van der Waals surface area contributed by atoms with Gasteiger partial charge in [0.25, 0.3) is 11.8 Å². The summed E-state index contributed by atoms with van der Waals surface area (Å²) >= 11 is 6.26. The highest BCUT2D eigenvalue weighted by Gasteiger charge is 2.13. The maximum atomic E-state index is 11.9. The van der Waals surface area contributed by atoms with E-state index >= 15 is 0 Å². The van der Waals surface area contributed by atoms with Crippen LogP contribution >= 0.6 is 23.6 Å². The van der Waals surface area contributed by atoms with Crippen molar-refractivity contribution in [2.75, 3.05) is 6.61 Å². The molecule has 2 rings (SSSR count). The van der Waals surface area contributed by atoms with Crippen LogP contribution in [0.5, 0.6) is 5.75 Å². The molecule has 0 aliphatic rings. The van der Waals surface area contributed by atoms with Crippen LogP contribution in [0.4, 0.5) is 0 Å². The number of thiophene rings is 1. The van der Waals surface area contributed by atoms with Gasteiger partial charge in [0, 0.05) is 0 Å². The summed E-state index contributed by atoms with van der Waals surface area (Å²) in [5.74, 6) is -0.155. The standard InChI is InChI=1S/C18H21N3O3S2/c1-18(2,3)12-6-8-13(9-7-12)24-11-15(22)19-17(25)21-20-16(23)14-5-4-10-26-14/h4-10H,11H2,1-3H3,(H,20,23)(H2,19,21,22,25). The Morgan fingerprint density at radius 1 is 1.12 bits per heavy atom. The molecule has 26 heavy (non-hydrogen) atoms. The molecule has 0 radical (unpaired) electrons. The summed E-state index contributed by atoms with van der Waals surface area (Å²) in [6.45, 7) is 6.19. The molecule has 0 aliphatic heterocycles. The van der Waals surface area contributed by atoms with Crippen molar-refractivity contribution in [3.05, 3.63) is 52.2 Å². The number of hydrogen-bond donors (Lipinski definition) is 3. The van der Waals surface area contributed by atoms with E-state index in [1.165, 1.54) is 16.9 Å². The van der Waals surface area contributed by atoms with E-state index in [0.29, 0.717) is 10.6 Å². The molecule has 8 heteroatoms. The van der Waals surface area contributed by atoms with Gasteiger partial charge in [-0.1, -0.05) is 39.0 Å².